The molecule has 0 saturated heterocycles. The van der Waals surface area contributed by atoms with E-state index in [2.05, 4.69) is 11.1 Å². The second-order valence-corrected chi connectivity index (χ2v) is 6.45. The Balaban J connectivity index is 2.31. The number of hydrogen-bond donors (Lipinski definition) is 1. The molecule has 0 aliphatic rings. The summed E-state index contributed by atoms with van der Waals surface area (Å²) in [5.41, 5.74) is 3.73. The maximum Gasteiger partial charge on any atom is 0.323 e. The first-order valence-electron chi connectivity index (χ1n) is 7.16. The van der Waals surface area contributed by atoms with Crippen molar-refractivity contribution in [3.63, 3.8) is 0 Å². The molecule has 0 spiro atoms. The molecule has 0 bridgehead atoms. The Hall–Kier alpha value is -2.47. The molecule has 118 valence electrons. The maximum atomic E-state index is 12.8. The van der Waals surface area contributed by atoms with Crippen LogP contribution in [-0.2, 0) is 11.3 Å². The van der Waals surface area contributed by atoms with Gasteiger partial charge in [0.25, 0.3) is 5.56 Å². The second-order valence-electron chi connectivity index (χ2n) is 5.59. The lowest BCUT2D eigenvalue weighted by Gasteiger charge is -2.09. The molecule has 0 unspecified atom stereocenters. The Bertz CT molecular complexity index is 985. The van der Waals surface area contributed by atoms with Gasteiger partial charge in [-0.3, -0.25) is 14.2 Å². The van der Waals surface area contributed by atoms with E-state index in [1.165, 1.54) is 15.9 Å². The van der Waals surface area contributed by atoms with E-state index < -0.39 is 5.97 Å². The summed E-state index contributed by atoms with van der Waals surface area (Å²) in [4.78, 5) is 28.8. The fourth-order valence-corrected chi connectivity index (χ4v) is 3.74. The summed E-state index contributed by atoms with van der Waals surface area (Å²) in [7, 11) is 0. The van der Waals surface area contributed by atoms with Crippen LogP contribution in [0.25, 0.3) is 21.3 Å². The van der Waals surface area contributed by atoms with Gasteiger partial charge in [0.2, 0.25) is 0 Å². The van der Waals surface area contributed by atoms with Crippen LogP contribution >= 0.6 is 11.3 Å². The van der Waals surface area contributed by atoms with Crippen LogP contribution in [0.3, 0.4) is 0 Å². The van der Waals surface area contributed by atoms with Gasteiger partial charge in [0.1, 0.15) is 17.2 Å². The number of aromatic nitrogens is 2. The summed E-state index contributed by atoms with van der Waals surface area (Å²) >= 11 is 1.41. The number of hydrogen-bond acceptors (Lipinski definition) is 4. The van der Waals surface area contributed by atoms with Crippen LogP contribution in [0.15, 0.2) is 28.4 Å². The highest BCUT2D eigenvalue weighted by molar-refractivity contribution is 7.17. The highest BCUT2D eigenvalue weighted by atomic mass is 32.1. The van der Waals surface area contributed by atoms with Gasteiger partial charge in [-0.15, -0.1) is 11.3 Å². The first-order chi connectivity index (χ1) is 10.9. The summed E-state index contributed by atoms with van der Waals surface area (Å²) in [5.74, 6) is -0.640. The molecule has 0 amide bonds. The molecular weight excluding hydrogens is 312 g/mol. The number of thiophene rings is 1. The summed E-state index contributed by atoms with van der Waals surface area (Å²) in [6, 6.07) is 6.06. The largest absolute Gasteiger partial charge is 0.480 e. The molecule has 0 atom stereocenters. The van der Waals surface area contributed by atoms with Crippen molar-refractivity contribution in [2.45, 2.75) is 27.3 Å². The average Bonchev–Trinajstić information content (AvgIpc) is 2.87. The number of carboxylic acids is 1. The zero-order valence-electron chi connectivity index (χ0n) is 13.1. The van der Waals surface area contributed by atoms with Gasteiger partial charge in [0.15, 0.2) is 0 Å². The fourth-order valence-electron chi connectivity index (χ4n) is 2.76. The molecule has 0 radical (unpaired) electrons. The van der Waals surface area contributed by atoms with Crippen molar-refractivity contribution in [1.29, 1.82) is 0 Å². The lowest BCUT2D eigenvalue weighted by atomic mass is 9.99. The number of aliphatic carboxylic acids is 1. The SMILES string of the molecule is Cc1ccc(-c2csc3nc(C)n(CC(=O)O)c(=O)c23)c(C)c1. The normalized spacial score (nSPS) is 11.1. The summed E-state index contributed by atoms with van der Waals surface area (Å²) in [6.45, 7) is 5.30. The van der Waals surface area contributed by atoms with Crippen LogP contribution in [-0.4, -0.2) is 20.6 Å². The molecule has 3 rings (SSSR count). The molecule has 1 aromatic carbocycles. The molecule has 2 aromatic heterocycles. The van der Waals surface area contributed by atoms with Crippen molar-refractivity contribution in [3.8, 4) is 11.1 Å². The van der Waals surface area contributed by atoms with Crippen molar-refractivity contribution < 1.29 is 9.90 Å². The zero-order valence-corrected chi connectivity index (χ0v) is 13.9. The third-order valence-electron chi connectivity index (χ3n) is 3.85. The molecule has 0 fully saturated rings. The molecule has 5 nitrogen and oxygen atoms in total. The van der Waals surface area contributed by atoms with Crippen LogP contribution in [0.5, 0.6) is 0 Å². The number of aryl methyl sites for hydroxylation is 3. The summed E-state index contributed by atoms with van der Waals surface area (Å²) in [6.07, 6.45) is 0. The topological polar surface area (TPSA) is 72.2 Å². The van der Waals surface area contributed by atoms with E-state index in [4.69, 9.17) is 5.11 Å². The van der Waals surface area contributed by atoms with E-state index >= 15 is 0 Å². The monoisotopic (exact) mass is 328 g/mol. The molecule has 0 aliphatic carbocycles. The number of fused-ring (bicyclic) bond motifs is 1. The van der Waals surface area contributed by atoms with Gasteiger partial charge in [-0.25, -0.2) is 4.98 Å². The Morgan fingerprint density at radius 3 is 2.65 bits per heavy atom. The molecule has 3 aromatic rings. The molecular formula is C17H16N2O3S. The Morgan fingerprint density at radius 2 is 2.00 bits per heavy atom. The van der Waals surface area contributed by atoms with Crippen molar-refractivity contribution in [1.82, 2.24) is 9.55 Å². The lowest BCUT2D eigenvalue weighted by Crippen LogP contribution is -2.27. The van der Waals surface area contributed by atoms with E-state index in [1.807, 2.05) is 31.4 Å². The third-order valence-corrected chi connectivity index (χ3v) is 4.72. The van der Waals surface area contributed by atoms with Crippen LogP contribution in [0.2, 0.25) is 0 Å². The number of benzene rings is 1. The van der Waals surface area contributed by atoms with E-state index in [9.17, 15) is 9.59 Å². The minimum absolute atomic E-state index is 0.300. The molecule has 0 aliphatic heterocycles. The highest BCUT2D eigenvalue weighted by Gasteiger charge is 2.17. The zero-order chi connectivity index (χ0) is 16.7. The lowest BCUT2D eigenvalue weighted by molar-refractivity contribution is -0.137. The predicted molar refractivity (Wildman–Crippen MR) is 91.2 cm³/mol. The molecule has 23 heavy (non-hydrogen) atoms. The molecule has 6 heteroatoms. The highest BCUT2D eigenvalue weighted by Crippen LogP contribution is 2.33. The standard InChI is InChI=1S/C17H16N2O3S/c1-9-4-5-12(10(2)6-9)13-8-23-16-15(13)17(22)19(7-14(20)21)11(3)18-16/h4-6,8H,7H2,1-3H3,(H,20,21). The van der Waals surface area contributed by atoms with E-state index in [0.717, 1.165) is 22.3 Å². The minimum Gasteiger partial charge on any atom is -0.480 e. The number of carboxylic acid groups (broad SMARTS) is 1. The van der Waals surface area contributed by atoms with Crippen LogP contribution in [0.1, 0.15) is 17.0 Å². The van der Waals surface area contributed by atoms with Gasteiger partial charge in [-0.1, -0.05) is 23.8 Å². The van der Waals surface area contributed by atoms with E-state index in [1.54, 1.807) is 6.92 Å². The summed E-state index contributed by atoms with van der Waals surface area (Å²) in [5, 5.41) is 11.4. The van der Waals surface area contributed by atoms with Crippen molar-refractivity contribution in [2.75, 3.05) is 0 Å². The summed E-state index contributed by atoms with van der Waals surface area (Å²) < 4.78 is 1.21. The van der Waals surface area contributed by atoms with Crippen LogP contribution in [0, 0.1) is 20.8 Å². The van der Waals surface area contributed by atoms with Gasteiger partial charge >= 0.3 is 5.97 Å². The van der Waals surface area contributed by atoms with Gasteiger partial charge in [-0.05, 0) is 31.9 Å². The first-order valence-corrected chi connectivity index (χ1v) is 8.04. The van der Waals surface area contributed by atoms with E-state index in [0.29, 0.717) is 16.0 Å². The first kappa shape index (κ1) is 15.4. The maximum absolute atomic E-state index is 12.8. The quantitative estimate of drug-likeness (QED) is 0.802. The Morgan fingerprint density at radius 1 is 1.26 bits per heavy atom. The van der Waals surface area contributed by atoms with Crippen LogP contribution in [0.4, 0.5) is 0 Å². The Labute approximate surface area is 136 Å². The average molecular weight is 328 g/mol. The fraction of sp³-hybridized carbons (Fsp3) is 0.235. The smallest absolute Gasteiger partial charge is 0.323 e. The van der Waals surface area contributed by atoms with Gasteiger partial charge < -0.3 is 5.11 Å². The number of nitrogens with zero attached hydrogens (tertiary/aromatic N) is 2. The van der Waals surface area contributed by atoms with Crippen molar-refractivity contribution in [3.05, 3.63) is 50.9 Å². The molecule has 1 N–H and O–H groups in total. The van der Waals surface area contributed by atoms with Gasteiger partial charge in [0.05, 0.1) is 5.39 Å². The predicted octanol–water partition coefficient (Wildman–Crippen LogP) is 3.13. The van der Waals surface area contributed by atoms with Gasteiger partial charge in [0, 0.05) is 10.9 Å². The van der Waals surface area contributed by atoms with Gasteiger partial charge in [-0.2, -0.15) is 0 Å². The minimum atomic E-state index is -1.06. The molecule has 0 saturated carbocycles. The van der Waals surface area contributed by atoms with E-state index in [-0.39, 0.29) is 12.1 Å². The Kier molecular flexibility index (Phi) is 3.77. The van der Waals surface area contributed by atoms with Crippen molar-refractivity contribution in [2.24, 2.45) is 0 Å². The molecule has 2 heterocycles. The van der Waals surface area contributed by atoms with Crippen molar-refractivity contribution >= 4 is 27.5 Å². The number of carbonyl (C=O) groups is 1. The van der Waals surface area contributed by atoms with Crippen LogP contribution < -0.4 is 5.56 Å². The third kappa shape index (κ3) is 2.66. The number of rotatable bonds is 3. The second kappa shape index (κ2) is 5.62.